The Balaban J connectivity index is 1.88. The summed E-state index contributed by atoms with van der Waals surface area (Å²) in [4.78, 5) is 2.47. The highest BCUT2D eigenvalue weighted by Crippen LogP contribution is 2.29. The molecule has 100 valence electrons. The Morgan fingerprint density at radius 3 is 2.61 bits per heavy atom. The molecule has 0 bridgehead atoms. The molecule has 1 aliphatic carbocycles. The Morgan fingerprint density at radius 1 is 1.22 bits per heavy atom. The zero-order valence-corrected chi connectivity index (χ0v) is 11.8. The number of nitrogens with zero attached hydrogens (tertiary/aromatic N) is 1. The Bertz CT molecular complexity index is 358. The van der Waals surface area contributed by atoms with E-state index in [1.807, 2.05) is 0 Å². The number of benzene rings is 1. The molecule has 0 amide bonds. The van der Waals surface area contributed by atoms with Crippen LogP contribution < -0.4 is 5.32 Å². The summed E-state index contributed by atoms with van der Waals surface area (Å²) in [7, 11) is 2.24. The normalized spacial score (nSPS) is 15.3. The standard InChI is InChI=1S/C16H26N2/c1-3-10-17-11-15-6-4-5-7-16(15)13-18(2)12-14-8-9-14/h4-7,14,17H,3,8-13H2,1-2H3. The third-order valence-electron chi connectivity index (χ3n) is 3.57. The van der Waals surface area contributed by atoms with Crippen molar-refractivity contribution in [2.75, 3.05) is 20.1 Å². The van der Waals surface area contributed by atoms with E-state index in [0.717, 1.165) is 25.6 Å². The van der Waals surface area contributed by atoms with Crippen LogP contribution in [-0.4, -0.2) is 25.0 Å². The Hall–Kier alpha value is -0.860. The lowest BCUT2D eigenvalue weighted by molar-refractivity contribution is 0.312. The molecule has 0 heterocycles. The highest BCUT2D eigenvalue weighted by Gasteiger charge is 2.22. The van der Waals surface area contributed by atoms with Crippen molar-refractivity contribution in [3.8, 4) is 0 Å². The maximum absolute atomic E-state index is 3.50. The second-order valence-corrected chi connectivity index (χ2v) is 5.59. The Morgan fingerprint density at radius 2 is 1.94 bits per heavy atom. The quantitative estimate of drug-likeness (QED) is 0.709. The van der Waals surface area contributed by atoms with E-state index in [0.29, 0.717) is 0 Å². The highest BCUT2D eigenvalue weighted by molar-refractivity contribution is 5.26. The van der Waals surface area contributed by atoms with E-state index in [4.69, 9.17) is 0 Å². The van der Waals surface area contributed by atoms with Crippen molar-refractivity contribution in [1.82, 2.24) is 10.2 Å². The van der Waals surface area contributed by atoms with Crippen LogP contribution in [0.3, 0.4) is 0 Å². The molecule has 2 heteroatoms. The minimum absolute atomic E-state index is 0.973. The molecule has 18 heavy (non-hydrogen) atoms. The molecule has 1 N–H and O–H groups in total. The van der Waals surface area contributed by atoms with Crippen molar-refractivity contribution >= 4 is 0 Å². The van der Waals surface area contributed by atoms with Crippen molar-refractivity contribution in [1.29, 1.82) is 0 Å². The molecule has 0 spiro atoms. The summed E-state index contributed by atoms with van der Waals surface area (Å²) in [6, 6.07) is 8.83. The number of nitrogens with one attached hydrogen (secondary N) is 1. The van der Waals surface area contributed by atoms with Crippen LogP contribution in [0.1, 0.15) is 37.3 Å². The first-order chi connectivity index (χ1) is 8.79. The van der Waals surface area contributed by atoms with Crippen molar-refractivity contribution in [2.45, 2.75) is 39.3 Å². The minimum Gasteiger partial charge on any atom is -0.313 e. The van der Waals surface area contributed by atoms with Crippen LogP contribution in [0.4, 0.5) is 0 Å². The van der Waals surface area contributed by atoms with Crippen LogP contribution in [0.25, 0.3) is 0 Å². The van der Waals surface area contributed by atoms with Crippen LogP contribution in [-0.2, 0) is 13.1 Å². The van der Waals surface area contributed by atoms with Gasteiger partial charge in [0.05, 0.1) is 0 Å². The van der Waals surface area contributed by atoms with Crippen LogP contribution >= 0.6 is 0 Å². The van der Waals surface area contributed by atoms with E-state index in [2.05, 4.69) is 48.5 Å². The lowest BCUT2D eigenvalue weighted by Gasteiger charge is -2.18. The van der Waals surface area contributed by atoms with Crippen LogP contribution in [0, 0.1) is 5.92 Å². The summed E-state index contributed by atoms with van der Waals surface area (Å²) in [6.07, 6.45) is 4.07. The van der Waals surface area contributed by atoms with Gasteiger partial charge in [-0.1, -0.05) is 31.2 Å². The van der Waals surface area contributed by atoms with Crippen molar-refractivity contribution in [2.24, 2.45) is 5.92 Å². The van der Waals surface area contributed by atoms with Gasteiger partial charge in [-0.15, -0.1) is 0 Å². The molecule has 1 saturated carbocycles. The average Bonchev–Trinajstić information content (AvgIpc) is 3.15. The van der Waals surface area contributed by atoms with Crippen molar-refractivity contribution in [3.63, 3.8) is 0 Å². The first kappa shape index (κ1) is 13.6. The fraction of sp³-hybridized carbons (Fsp3) is 0.625. The molecule has 2 rings (SSSR count). The summed E-state index contributed by atoms with van der Waals surface area (Å²) in [5.74, 6) is 0.973. The van der Waals surface area contributed by atoms with Gasteiger partial charge in [0.15, 0.2) is 0 Å². The van der Waals surface area contributed by atoms with E-state index < -0.39 is 0 Å². The predicted molar refractivity (Wildman–Crippen MR) is 77.5 cm³/mol. The van der Waals surface area contributed by atoms with Gasteiger partial charge in [0.2, 0.25) is 0 Å². The van der Waals surface area contributed by atoms with Crippen molar-refractivity contribution < 1.29 is 0 Å². The van der Waals surface area contributed by atoms with E-state index >= 15 is 0 Å². The smallest absolute Gasteiger partial charge is 0.0234 e. The van der Waals surface area contributed by atoms with E-state index in [9.17, 15) is 0 Å². The lowest BCUT2D eigenvalue weighted by atomic mass is 10.1. The second-order valence-electron chi connectivity index (χ2n) is 5.59. The van der Waals surface area contributed by atoms with Gasteiger partial charge >= 0.3 is 0 Å². The molecule has 0 aliphatic heterocycles. The zero-order chi connectivity index (χ0) is 12.8. The predicted octanol–water partition coefficient (Wildman–Crippen LogP) is 3.03. The molecule has 0 aromatic heterocycles. The molecule has 1 fully saturated rings. The summed E-state index contributed by atoms with van der Waals surface area (Å²) in [6.45, 7) is 6.66. The minimum atomic E-state index is 0.973. The van der Waals surface area contributed by atoms with Gasteiger partial charge in [0.1, 0.15) is 0 Å². The number of hydrogen-bond acceptors (Lipinski definition) is 2. The van der Waals surface area contributed by atoms with Gasteiger partial charge in [0.25, 0.3) is 0 Å². The topological polar surface area (TPSA) is 15.3 Å². The van der Waals surface area contributed by atoms with Gasteiger partial charge in [-0.2, -0.15) is 0 Å². The van der Waals surface area contributed by atoms with E-state index in [1.165, 1.54) is 36.9 Å². The van der Waals surface area contributed by atoms with Crippen LogP contribution in [0.5, 0.6) is 0 Å². The van der Waals surface area contributed by atoms with E-state index in [-0.39, 0.29) is 0 Å². The third kappa shape index (κ3) is 4.43. The highest BCUT2D eigenvalue weighted by atomic mass is 15.1. The maximum Gasteiger partial charge on any atom is 0.0234 e. The monoisotopic (exact) mass is 246 g/mol. The fourth-order valence-electron chi connectivity index (χ4n) is 2.38. The summed E-state index contributed by atoms with van der Waals surface area (Å²) < 4.78 is 0. The molecule has 1 aliphatic rings. The summed E-state index contributed by atoms with van der Waals surface area (Å²) in [5.41, 5.74) is 2.93. The third-order valence-corrected chi connectivity index (χ3v) is 3.57. The van der Waals surface area contributed by atoms with Gasteiger partial charge in [-0.25, -0.2) is 0 Å². The first-order valence-corrected chi connectivity index (χ1v) is 7.25. The van der Waals surface area contributed by atoms with Gasteiger partial charge in [0, 0.05) is 19.6 Å². The van der Waals surface area contributed by atoms with Gasteiger partial charge in [-0.05, 0) is 49.9 Å². The number of rotatable bonds is 8. The van der Waals surface area contributed by atoms with Gasteiger partial charge in [-0.3, -0.25) is 0 Å². The Kier molecular flexibility index (Phi) is 5.21. The molecule has 1 aromatic carbocycles. The molecule has 0 saturated heterocycles. The SMILES string of the molecule is CCCNCc1ccccc1CN(C)CC1CC1. The zero-order valence-electron chi connectivity index (χ0n) is 11.8. The molecule has 1 aromatic rings. The molecular formula is C16H26N2. The second kappa shape index (κ2) is 6.91. The van der Waals surface area contributed by atoms with Crippen LogP contribution in [0.2, 0.25) is 0 Å². The molecule has 0 atom stereocenters. The molecule has 0 unspecified atom stereocenters. The van der Waals surface area contributed by atoms with Gasteiger partial charge < -0.3 is 10.2 Å². The maximum atomic E-state index is 3.50. The van der Waals surface area contributed by atoms with Crippen LogP contribution in [0.15, 0.2) is 24.3 Å². The largest absolute Gasteiger partial charge is 0.313 e. The first-order valence-electron chi connectivity index (χ1n) is 7.25. The summed E-state index contributed by atoms with van der Waals surface area (Å²) in [5, 5.41) is 3.50. The molecule has 2 nitrogen and oxygen atoms in total. The van der Waals surface area contributed by atoms with E-state index in [1.54, 1.807) is 0 Å². The summed E-state index contributed by atoms with van der Waals surface area (Å²) >= 11 is 0. The number of hydrogen-bond donors (Lipinski definition) is 1. The molecule has 0 radical (unpaired) electrons. The van der Waals surface area contributed by atoms with Crippen molar-refractivity contribution in [3.05, 3.63) is 35.4 Å². The fourth-order valence-corrected chi connectivity index (χ4v) is 2.38. The molecular weight excluding hydrogens is 220 g/mol. The lowest BCUT2D eigenvalue weighted by Crippen LogP contribution is -2.22. The Labute approximate surface area is 111 Å². The average molecular weight is 246 g/mol.